The zero-order chi connectivity index (χ0) is 17.3. The number of hydrogen-bond donors (Lipinski definition) is 1. The largest absolute Gasteiger partial charge is 0.391 e. The lowest BCUT2D eigenvalue weighted by atomic mass is 10.0. The fraction of sp³-hybridized carbons (Fsp3) is 0.0625. The normalized spacial score (nSPS) is 10.8. The van der Waals surface area contributed by atoms with Crippen molar-refractivity contribution in [3.05, 3.63) is 68.2 Å². The maximum atomic E-state index is 10.9. The summed E-state index contributed by atoms with van der Waals surface area (Å²) in [5.41, 5.74) is 1.57. The van der Waals surface area contributed by atoms with Crippen molar-refractivity contribution < 1.29 is 14.6 Å². The Morgan fingerprint density at radius 2 is 1.96 bits per heavy atom. The van der Waals surface area contributed by atoms with Crippen LogP contribution >= 0.6 is 23.2 Å². The van der Waals surface area contributed by atoms with E-state index in [0.717, 1.165) is 0 Å². The Morgan fingerprint density at radius 1 is 1.21 bits per heavy atom. The fourth-order valence-electron chi connectivity index (χ4n) is 2.34. The van der Waals surface area contributed by atoms with Crippen LogP contribution in [0.5, 0.6) is 0 Å². The predicted octanol–water partition coefficient (Wildman–Crippen LogP) is 4.72. The monoisotopic (exact) mass is 364 g/mol. The van der Waals surface area contributed by atoms with E-state index >= 15 is 0 Å². The Morgan fingerprint density at radius 3 is 2.67 bits per heavy atom. The molecule has 1 aromatic heterocycles. The van der Waals surface area contributed by atoms with Crippen LogP contribution in [0.3, 0.4) is 0 Å². The molecule has 0 fully saturated rings. The minimum atomic E-state index is -0.507. The zero-order valence-electron chi connectivity index (χ0n) is 12.1. The van der Waals surface area contributed by atoms with Gasteiger partial charge in [-0.25, -0.2) is 0 Å². The first-order valence-electron chi connectivity index (χ1n) is 6.81. The number of benzene rings is 2. The number of halogens is 2. The molecule has 1 heterocycles. The van der Waals surface area contributed by atoms with Crippen LogP contribution in [0.15, 0.2) is 47.0 Å². The molecule has 8 heteroatoms. The van der Waals surface area contributed by atoms with Crippen LogP contribution in [0.25, 0.3) is 22.6 Å². The molecule has 0 aliphatic rings. The standard InChI is InChI=1S/C16H10Cl2N2O4/c17-13-6-2-5-11(14(13)18)15-12(8-21)16(24-19-15)9-3-1-4-10(7-9)20(22)23/h1-7,21H,8H2. The van der Waals surface area contributed by atoms with Gasteiger partial charge in [-0.1, -0.05) is 52.6 Å². The number of nitro benzene ring substituents is 1. The topological polar surface area (TPSA) is 89.4 Å². The Hall–Kier alpha value is -2.41. The first-order chi connectivity index (χ1) is 11.5. The molecule has 2 aromatic carbocycles. The molecule has 122 valence electrons. The highest BCUT2D eigenvalue weighted by Crippen LogP contribution is 2.38. The lowest BCUT2D eigenvalue weighted by Crippen LogP contribution is -1.91. The van der Waals surface area contributed by atoms with E-state index in [9.17, 15) is 15.2 Å². The van der Waals surface area contributed by atoms with Crippen LogP contribution in [0.1, 0.15) is 5.56 Å². The number of rotatable bonds is 4. The van der Waals surface area contributed by atoms with Gasteiger partial charge in [0.2, 0.25) is 0 Å². The maximum Gasteiger partial charge on any atom is 0.270 e. The first kappa shape index (κ1) is 16.4. The first-order valence-corrected chi connectivity index (χ1v) is 7.57. The summed E-state index contributed by atoms with van der Waals surface area (Å²) in [6, 6.07) is 10.9. The Kier molecular flexibility index (Phi) is 4.53. The van der Waals surface area contributed by atoms with Crippen molar-refractivity contribution in [2.45, 2.75) is 6.61 Å². The molecule has 3 aromatic rings. The van der Waals surface area contributed by atoms with Crippen LogP contribution < -0.4 is 0 Å². The number of nitro groups is 1. The van der Waals surface area contributed by atoms with Gasteiger partial charge in [0.05, 0.1) is 27.1 Å². The van der Waals surface area contributed by atoms with Crippen molar-refractivity contribution >= 4 is 28.9 Å². The van der Waals surface area contributed by atoms with E-state index in [4.69, 9.17) is 27.7 Å². The highest BCUT2D eigenvalue weighted by atomic mass is 35.5. The Bertz CT molecular complexity index is 924. The van der Waals surface area contributed by atoms with E-state index in [1.807, 2.05) is 0 Å². The molecule has 0 amide bonds. The summed E-state index contributed by atoms with van der Waals surface area (Å²) < 4.78 is 5.32. The smallest absolute Gasteiger partial charge is 0.270 e. The molecule has 0 radical (unpaired) electrons. The minimum absolute atomic E-state index is 0.0878. The van der Waals surface area contributed by atoms with Crippen LogP contribution in [0.4, 0.5) is 5.69 Å². The summed E-state index contributed by atoms with van der Waals surface area (Å²) in [7, 11) is 0. The highest BCUT2D eigenvalue weighted by molar-refractivity contribution is 6.43. The summed E-state index contributed by atoms with van der Waals surface area (Å²) in [6.07, 6.45) is 0. The second-order valence-electron chi connectivity index (χ2n) is 4.91. The van der Waals surface area contributed by atoms with Crippen molar-refractivity contribution in [1.82, 2.24) is 5.16 Å². The maximum absolute atomic E-state index is 10.9. The van der Waals surface area contributed by atoms with E-state index < -0.39 is 4.92 Å². The van der Waals surface area contributed by atoms with Gasteiger partial charge in [0.15, 0.2) is 5.76 Å². The molecule has 0 saturated heterocycles. The van der Waals surface area contributed by atoms with E-state index in [0.29, 0.717) is 27.4 Å². The lowest BCUT2D eigenvalue weighted by Gasteiger charge is -2.04. The third kappa shape index (κ3) is 2.87. The van der Waals surface area contributed by atoms with Gasteiger partial charge in [-0.15, -0.1) is 0 Å². The lowest BCUT2D eigenvalue weighted by molar-refractivity contribution is -0.384. The average Bonchev–Trinajstić information content (AvgIpc) is 3.01. The molecular weight excluding hydrogens is 355 g/mol. The quantitative estimate of drug-likeness (QED) is 0.534. The number of aliphatic hydroxyl groups excluding tert-OH is 1. The van der Waals surface area contributed by atoms with E-state index in [1.165, 1.54) is 18.2 Å². The van der Waals surface area contributed by atoms with Gasteiger partial charge in [0.1, 0.15) is 5.69 Å². The molecule has 3 rings (SSSR count). The average molecular weight is 365 g/mol. The number of nitrogens with zero attached hydrogens (tertiary/aromatic N) is 2. The summed E-state index contributed by atoms with van der Waals surface area (Å²) in [5.74, 6) is 0.243. The van der Waals surface area contributed by atoms with Crippen molar-refractivity contribution in [2.24, 2.45) is 0 Å². The van der Waals surface area contributed by atoms with Gasteiger partial charge in [0, 0.05) is 23.3 Å². The molecule has 0 aliphatic carbocycles. The van der Waals surface area contributed by atoms with Gasteiger partial charge in [-0.2, -0.15) is 0 Å². The second kappa shape index (κ2) is 6.60. The van der Waals surface area contributed by atoms with Gasteiger partial charge in [0.25, 0.3) is 5.69 Å². The van der Waals surface area contributed by atoms with Crippen molar-refractivity contribution in [2.75, 3.05) is 0 Å². The number of non-ortho nitro benzene ring substituents is 1. The van der Waals surface area contributed by atoms with E-state index in [-0.39, 0.29) is 23.1 Å². The van der Waals surface area contributed by atoms with Crippen molar-refractivity contribution in [1.29, 1.82) is 0 Å². The van der Waals surface area contributed by atoms with Crippen molar-refractivity contribution in [3.8, 4) is 22.6 Å². The van der Waals surface area contributed by atoms with Crippen LogP contribution in [0.2, 0.25) is 10.0 Å². The molecule has 0 atom stereocenters. The highest BCUT2D eigenvalue weighted by Gasteiger charge is 2.22. The molecule has 0 unspecified atom stereocenters. The number of aliphatic hydroxyl groups is 1. The van der Waals surface area contributed by atoms with Crippen molar-refractivity contribution in [3.63, 3.8) is 0 Å². The number of hydrogen-bond acceptors (Lipinski definition) is 5. The van der Waals surface area contributed by atoms with Gasteiger partial charge >= 0.3 is 0 Å². The van der Waals surface area contributed by atoms with Gasteiger partial charge in [-0.05, 0) is 6.07 Å². The van der Waals surface area contributed by atoms with Crippen LogP contribution in [-0.2, 0) is 6.61 Å². The van der Waals surface area contributed by atoms with Gasteiger partial charge in [-0.3, -0.25) is 10.1 Å². The van der Waals surface area contributed by atoms with Crippen LogP contribution in [-0.4, -0.2) is 15.2 Å². The Balaban J connectivity index is 2.16. The predicted molar refractivity (Wildman–Crippen MR) is 90.0 cm³/mol. The molecule has 0 spiro atoms. The summed E-state index contributed by atoms with van der Waals surface area (Å²) in [6.45, 7) is -0.375. The zero-order valence-corrected chi connectivity index (χ0v) is 13.6. The molecule has 1 N–H and O–H groups in total. The van der Waals surface area contributed by atoms with Crippen LogP contribution in [0, 0.1) is 10.1 Å². The van der Waals surface area contributed by atoms with Gasteiger partial charge < -0.3 is 9.63 Å². The van der Waals surface area contributed by atoms with E-state index in [1.54, 1.807) is 24.3 Å². The fourth-order valence-corrected chi connectivity index (χ4v) is 2.73. The molecule has 6 nitrogen and oxygen atoms in total. The molecule has 0 bridgehead atoms. The second-order valence-corrected chi connectivity index (χ2v) is 5.69. The molecule has 0 saturated carbocycles. The van der Waals surface area contributed by atoms with E-state index in [2.05, 4.69) is 5.16 Å². The summed E-state index contributed by atoms with van der Waals surface area (Å²) >= 11 is 12.2. The summed E-state index contributed by atoms with van der Waals surface area (Å²) in [4.78, 5) is 10.4. The third-order valence-electron chi connectivity index (χ3n) is 3.47. The molecular formula is C16H10Cl2N2O4. The minimum Gasteiger partial charge on any atom is -0.391 e. The third-order valence-corrected chi connectivity index (χ3v) is 4.29. The Labute approximate surface area is 146 Å². The molecule has 0 aliphatic heterocycles. The summed E-state index contributed by atoms with van der Waals surface area (Å²) in [5, 5.41) is 25.3. The molecule has 24 heavy (non-hydrogen) atoms. The SMILES string of the molecule is O=[N+]([O-])c1cccc(-c2onc(-c3cccc(Cl)c3Cl)c2CO)c1. The number of aromatic nitrogens is 1.